The van der Waals surface area contributed by atoms with E-state index >= 15 is 0 Å². The average molecular weight is 343 g/mol. The molecule has 1 aromatic heterocycles. The monoisotopic (exact) mass is 343 g/mol. The van der Waals surface area contributed by atoms with Crippen molar-refractivity contribution in [2.24, 2.45) is 0 Å². The standard InChI is InChI=1S/C20H19F2NO2/c1-11-6-17-14(8-20(24)25-19(17)7-12(11)2)10-23-13(3)16-5-4-15(21)9-18(16)22/h4-9,13,23H,10H2,1-3H3. The average Bonchev–Trinajstić information content (AvgIpc) is 2.54. The Labute approximate surface area is 144 Å². The smallest absolute Gasteiger partial charge is 0.336 e. The molecule has 0 aliphatic heterocycles. The fourth-order valence-electron chi connectivity index (χ4n) is 2.85. The van der Waals surface area contributed by atoms with Crippen molar-refractivity contribution in [3.63, 3.8) is 0 Å². The molecule has 0 saturated carbocycles. The van der Waals surface area contributed by atoms with Crippen LogP contribution in [0.2, 0.25) is 0 Å². The van der Waals surface area contributed by atoms with Crippen molar-refractivity contribution in [2.45, 2.75) is 33.4 Å². The van der Waals surface area contributed by atoms with Crippen LogP contribution in [0.3, 0.4) is 0 Å². The normalized spacial score (nSPS) is 12.5. The van der Waals surface area contributed by atoms with E-state index in [1.807, 2.05) is 26.0 Å². The number of hydrogen-bond donors (Lipinski definition) is 1. The highest BCUT2D eigenvalue weighted by molar-refractivity contribution is 5.81. The zero-order chi connectivity index (χ0) is 18.1. The van der Waals surface area contributed by atoms with Gasteiger partial charge in [-0.25, -0.2) is 13.6 Å². The summed E-state index contributed by atoms with van der Waals surface area (Å²) < 4.78 is 32.2. The van der Waals surface area contributed by atoms with Crippen molar-refractivity contribution < 1.29 is 13.2 Å². The van der Waals surface area contributed by atoms with E-state index < -0.39 is 17.3 Å². The summed E-state index contributed by atoms with van der Waals surface area (Å²) in [5, 5.41) is 4.03. The summed E-state index contributed by atoms with van der Waals surface area (Å²) >= 11 is 0. The van der Waals surface area contributed by atoms with Crippen LogP contribution in [0.15, 0.2) is 45.6 Å². The van der Waals surface area contributed by atoms with Gasteiger partial charge in [0.1, 0.15) is 17.2 Å². The van der Waals surface area contributed by atoms with E-state index in [2.05, 4.69) is 5.32 Å². The SMILES string of the molecule is Cc1cc2oc(=O)cc(CNC(C)c3ccc(F)cc3F)c2cc1C. The fraction of sp³-hybridized carbons (Fsp3) is 0.250. The number of aryl methyl sites for hydroxylation is 2. The topological polar surface area (TPSA) is 42.2 Å². The van der Waals surface area contributed by atoms with Crippen LogP contribution in [0.5, 0.6) is 0 Å². The van der Waals surface area contributed by atoms with E-state index in [0.29, 0.717) is 17.7 Å². The summed E-state index contributed by atoms with van der Waals surface area (Å²) in [6, 6.07) is 8.45. The molecule has 0 fully saturated rings. The zero-order valence-corrected chi connectivity index (χ0v) is 14.3. The molecule has 0 aliphatic carbocycles. The van der Waals surface area contributed by atoms with Crippen molar-refractivity contribution in [1.82, 2.24) is 5.32 Å². The van der Waals surface area contributed by atoms with E-state index in [1.54, 1.807) is 6.92 Å². The highest BCUT2D eigenvalue weighted by Gasteiger charge is 2.13. The highest BCUT2D eigenvalue weighted by atomic mass is 19.1. The Morgan fingerprint density at radius 1 is 1.08 bits per heavy atom. The van der Waals surface area contributed by atoms with Crippen LogP contribution < -0.4 is 10.9 Å². The second-order valence-corrected chi connectivity index (χ2v) is 6.29. The van der Waals surface area contributed by atoms with Gasteiger partial charge in [-0.1, -0.05) is 6.07 Å². The first-order valence-electron chi connectivity index (χ1n) is 8.07. The predicted octanol–water partition coefficient (Wildman–Crippen LogP) is 4.54. The Morgan fingerprint density at radius 3 is 2.52 bits per heavy atom. The minimum absolute atomic E-state index is 0.338. The third-order valence-corrected chi connectivity index (χ3v) is 4.47. The van der Waals surface area contributed by atoms with Crippen molar-refractivity contribution in [3.8, 4) is 0 Å². The second-order valence-electron chi connectivity index (χ2n) is 6.29. The van der Waals surface area contributed by atoms with Gasteiger partial charge in [0.05, 0.1) is 0 Å². The van der Waals surface area contributed by atoms with Gasteiger partial charge in [0, 0.05) is 35.7 Å². The fourth-order valence-corrected chi connectivity index (χ4v) is 2.85. The number of hydrogen-bond acceptors (Lipinski definition) is 3. The lowest BCUT2D eigenvalue weighted by Crippen LogP contribution is -2.20. The summed E-state index contributed by atoms with van der Waals surface area (Å²) in [5.41, 5.74) is 3.41. The molecule has 0 bridgehead atoms. The molecule has 0 spiro atoms. The molecule has 0 radical (unpaired) electrons. The van der Waals surface area contributed by atoms with Crippen LogP contribution in [0.4, 0.5) is 8.78 Å². The lowest BCUT2D eigenvalue weighted by atomic mass is 10.0. The molecule has 1 atom stereocenters. The molecule has 0 aliphatic rings. The molecule has 130 valence electrons. The molecule has 2 aromatic carbocycles. The minimum atomic E-state index is -0.606. The Balaban J connectivity index is 1.90. The van der Waals surface area contributed by atoms with Crippen molar-refractivity contribution in [1.29, 1.82) is 0 Å². The molecule has 1 unspecified atom stereocenters. The summed E-state index contributed by atoms with van der Waals surface area (Å²) in [5.74, 6) is -1.20. The maximum atomic E-state index is 13.9. The molecule has 3 rings (SSSR count). The van der Waals surface area contributed by atoms with Gasteiger partial charge in [-0.3, -0.25) is 0 Å². The summed E-state index contributed by atoms with van der Waals surface area (Å²) in [6.07, 6.45) is 0. The summed E-state index contributed by atoms with van der Waals surface area (Å²) in [6.45, 7) is 6.11. The maximum Gasteiger partial charge on any atom is 0.336 e. The molecule has 0 amide bonds. The van der Waals surface area contributed by atoms with Crippen LogP contribution in [0.1, 0.15) is 35.2 Å². The van der Waals surface area contributed by atoms with Gasteiger partial charge in [-0.05, 0) is 55.7 Å². The summed E-state index contributed by atoms with van der Waals surface area (Å²) in [7, 11) is 0. The minimum Gasteiger partial charge on any atom is -0.423 e. The molecule has 3 aromatic rings. The van der Waals surface area contributed by atoms with Crippen LogP contribution in [0, 0.1) is 25.5 Å². The molecule has 25 heavy (non-hydrogen) atoms. The number of halogens is 2. The molecule has 3 nitrogen and oxygen atoms in total. The van der Waals surface area contributed by atoms with E-state index in [1.165, 1.54) is 18.2 Å². The van der Waals surface area contributed by atoms with Crippen LogP contribution in [-0.2, 0) is 6.54 Å². The highest BCUT2D eigenvalue weighted by Crippen LogP contribution is 2.23. The van der Waals surface area contributed by atoms with Crippen molar-refractivity contribution in [2.75, 3.05) is 0 Å². The molecular weight excluding hydrogens is 324 g/mol. The van der Waals surface area contributed by atoms with Gasteiger partial charge < -0.3 is 9.73 Å². The first-order valence-corrected chi connectivity index (χ1v) is 8.07. The molecule has 1 N–H and O–H groups in total. The van der Waals surface area contributed by atoms with Crippen molar-refractivity contribution >= 4 is 11.0 Å². The van der Waals surface area contributed by atoms with Gasteiger partial charge in [-0.15, -0.1) is 0 Å². The van der Waals surface area contributed by atoms with Crippen molar-refractivity contribution in [3.05, 3.63) is 80.7 Å². The van der Waals surface area contributed by atoms with Gasteiger partial charge in [0.2, 0.25) is 0 Å². The quantitative estimate of drug-likeness (QED) is 0.707. The lowest BCUT2D eigenvalue weighted by molar-refractivity contribution is 0.515. The molecule has 0 saturated heterocycles. The van der Waals surface area contributed by atoms with E-state index in [0.717, 1.165) is 28.1 Å². The first-order chi connectivity index (χ1) is 11.8. The second kappa shape index (κ2) is 6.76. The first kappa shape index (κ1) is 17.3. The van der Waals surface area contributed by atoms with Gasteiger partial charge in [-0.2, -0.15) is 0 Å². The Kier molecular flexibility index (Phi) is 4.68. The van der Waals surface area contributed by atoms with E-state index in [9.17, 15) is 13.6 Å². The summed E-state index contributed by atoms with van der Waals surface area (Å²) in [4.78, 5) is 11.8. The van der Waals surface area contributed by atoms with E-state index in [4.69, 9.17) is 4.42 Å². The number of benzene rings is 2. The van der Waals surface area contributed by atoms with Crippen LogP contribution >= 0.6 is 0 Å². The number of rotatable bonds is 4. The lowest BCUT2D eigenvalue weighted by Gasteiger charge is -2.16. The van der Waals surface area contributed by atoms with Gasteiger partial charge in [0.15, 0.2) is 0 Å². The number of fused-ring (bicyclic) bond motifs is 1. The Bertz CT molecular complexity index is 995. The van der Waals surface area contributed by atoms with Crippen LogP contribution in [0.25, 0.3) is 11.0 Å². The Morgan fingerprint density at radius 2 is 1.80 bits per heavy atom. The number of nitrogens with one attached hydrogen (secondary N) is 1. The van der Waals surface area contributed by atoms with E-state index in [-0.39, 0.29) is 6.04 Å². The third-order valence-electron chi connectivity index (χ3n) is 4.47. The van der Waals surface area contributed by atoms with Gasteiger partial charge in [0.25, 0.3) is 0 Å². The molecular formula is C20H19F2NO2. The van der Waals surface area contributed by atoms with Gasteiger partial charge >= 0.3 is 5.63 Å². The molecule has 5 heteroatoms. The largest absolute Gasteiger partial charge is 0.423 e. The zero-order valence-electron chi connectivity index (χ0n) is 14.3. The Hall–Kier alpha value is -2.53. The predicted molar refractivity (Wildman–Crippen MR) is 93.6 cm³/mol. The third kappa shape index (κ3) is 3.61. The maximum absolute atomic E-state index is 13.9. The molecule has 1 heterocycles. The van der Waals surface area contributed by atoms with Crippen LogP contribution in [-0.4, -0.2) is 0 Å².